The molecule has 114 valence electrons. The fourth-order valence-corrected chi connectivity index (χ4v) is 2.58. The molecule has 0 radical (unpaired) electrons. The largest absolute Gasteiger partial charge is 0.302 e. The summed E-state index contributed by atoms with van der Waals surface area (Å²) in [5.41, 5.74) is 1.18. The van der Waals surface area contributed by atoms with Gasteiger partial charge in [0, 0.05) is 6.54 Å². The van der Waals surface area contributed by atoms with Gasteiger partial charge < -0.3 is 4.90 Å². The van der Waals surface area contributed by atoms with E-state index in [9.17, 15) is 4.39 Å². The van der Waals surface area contributed by atoms with Crippen molar-refractivity contribution in [1.82, 2.24) is 4.90 Å². The Bertz CT molecular complexity index is 339. The lowest BCUT2D eigenvalue weighted by Crippen LogP contribution is -2.19. The maximum absolute atomic E-state index is 12.8. The van der Waals surface area contributed by atoms with Crippen molar-refractivity contribution in [3.63, 3.8) is 0 Å². The summed E-state index contributed by atoms with van der Waals surface area (Å²) < 4.78 is 12.8. The van der Waals surface area contributed by atoms with Crippen LogP contribution in [0.15, 0.2) is 24.3 Å². The van der Waals surface area contributed by atoms with Crippen molar-refractivity contribution in [2.75, 3.05) is 19.3 Å². The summed E-state index contributed by atoms with van der Waals surface area (Å²) in [6.45, 7) is 2.02. The molecule has 0 saturated heterocycles. The van der Waals surface area contributed by atoms with Gasteiger partial charge in [0.2, 0.25) is 0 Å². The van der Waals surface area contributed by atoms with E-state index in [-0.39, 0.29) is 5.82 Å². The quantitative estimate of drug-likeness (QED) is 0.448. The Morgan fingerprint density at radius 1 is 0.900 bits per heavy atom. The number of halogens is 1. The third kappa shape index (κ3) is 8.60. The Hall–Kier alpha value is -0.540. The van der Waals surface area contributed by atoms with Crippen LogP contribution < -0.4 is 0 Å². The molecule has 0 aliphatic heterocycles. The van der Waals surface area contributed by atoms with E-state index in [0.29, 0.717) is 0 Å². The first-order valence-electron chi connectivity index (χ1n) is 7.76. The molecule has 1 aromatic carbocycles. The van der Waals surface area contributed by atoms with Crippen molar-refractivity contribution >= 4 is 12.6 Å². The molecule has 1 nitrogen and oxygen atoms in total. The van der Waals surface area contributed by atoms with Gasteiger partial charge in [-0.1, -0.05) is 44.2 Å². The number of nitrogens with zero attached hydrogens (tertiary/aromatic N) is 1. The smallest absolute Gasteiger partial charge is 0.123 e. The number of thiol groups is 1. The summed E-state index contributed by atoms with van der Waals surface area (Å²) in [6.07, 6.45) is 9.20. The van der Waals surface area contributed by atoms with Crippen molar-refractivity contribution < 1.29 is 4.39 Å². The van der Waals surface area contributed by atoms with Gasteiger partial charge in [-0.05, 0) is 49.9 Å². The molecule has 0 heterocycles. The molecule has 0 fully saturated rings. The van der Waals surface area contributed by atoms with Crippen molar-refractivity contribution in [1.29, 1.82) is 0 Å². The third-order valence-corrected chi connectivity index (χ3v) is 3.88. The van der Waals surface area contributed by atoms with Crippen LogP contribution in [0.2, 0.25) is 0 Å². The van der Waals surface area contributed by atoms with Crippen LogP contribution in [0, 0.1) is 5.82 Å². The molecule has 0 unspecified atom stereocenters. The number of benzene rings is 1. The second-order valence-electron chi connectivity index (χ2n) is 5.56. The molecule has 0 aromatic heterocycles. The molecule has 0 N–H and O–H groups in total. The number of hydrogen-bond donors (Lipinski definition) is 1. The summed E-state index contributed by atoms with van der Waals surface area (Å²) in [7, 11) is 2.13. The highest BCUT2D eigenvalue weighted by molar-refractivity contribution is 7.80. The lowest BCUT2D eigenvalue weighted by atomic mass is 10.1. The number of unbranched alkanes of at least 4 members (excludes halogenated alkanes) is 6. The molecule has 0 aliphatic carbocycles. The summed E-state index contributed by atoms with van der Waals surface area (Å²) in [6, 6.07) is 6.81. The monoisotopic (exact) mass is 297 g/mol. The molecule has 1 rings (SSSR count). The van der Waals surface area contributed by atoms with Gasteiger partial charge in [-0.3, -0.25) is 0 Å². The summed E-state index contributed by atoms with van der Waals surface area (Å²) in [5, 5.41) is 0. The van der Waals surface area contributed by atoms with Gasteiger partial charge in [0.25, 0.3) is 0 Å². The first-order valence-corrected chi connectivity index (χ1v) is 8.39. The molecule has 0 spiro atoms. The Morgan fingerprint density at radius 3 is 2.05 bits per heavy atom. The predicted molar refractivity (Wildman–Crippen MR) is 88.9 cm³/mol. The zero-order valence-corrected chi connectivity index (χ0v) is 13.5. The first kappa shape index (κ1) is 17.5. The van der Waals surface area contributed by atoms with Crippen molar-refractivity contribution in [3.8, 4) is 0 Å². The fourth-order valence-electron chi connectivity index (χ4n) is 2.36. The van der Waals surface area contributed by atoms with Crippen LogP contribution in [0.25, 0.3) is 0 Å². The Kier molecular flexibility index (Phi) is 9.77. The second-order valence-corrected chi connectivity index (χ2v) is 6.01. The standard InChI is InChI=1S/C17H28FNS/c1-19(15-16-9-11-17(18)12-10-16)13-7-5-3-2-4-6-8-14-20/h9-12,20H,2-8,13-15H2,1H3. The van der Waals surface area contributed by atoms with E-state index in [1.54, 1.807) is 0 Å². The van der Waals surface area contributed by atoms with Gasteiger partial charge in [-0.2, -0.15) is 12.6 Å². The van der Waals surface area contributed by atoms with Crippen molar-refractivity contribution in [2.45, 2.75) is 51.5 Å². The Morgan fingerprint density at radius 2 is 1.45 bits per heavy atom. The zero-order chi connectivity index (χ0) is 14.6. The van der Waals surface area contributed by atoms with Gasteiger partial charge in [0.05, 0.1) is 0 Å². The lowest BCUT2D eigenvalue weighted by Gasteiger charge is -2.16. The van der Waals surface area contributed by atoms with Gasteiger partial charge in [-0.25, -0.2) is 4.39 Å². The Balaban J connectivity index is 2.00. The molecule has 0 aliphatic rings. The molecule has 0 amide bonds. The van der Waals surface area contributed by atoms with Crippen LogP contribution in [0.4, 0.5) is 4.39 Å². The van der Waals surface area contributed by atoms with E-state index < -0.39 is 0 Å². The van der Waals surface area contributed by atoms with E-state index in [4.69, 9.17) is 0 Å². The molecule has 0 saturated carbocycles. The maximum Gasteiger partial charge on any atom is 0.123 e. The van der Waals surface area contributed by atoms with Crippen LogP contribution in [0.5, 0.6) is 0 Å². The predicted octanol–water partition coefficient (Wildman–Crippen LogP) is 4.92. The van der Waals surface area contributed by atoms with Crippen molar-refractivity contribution in [2.24, 2.45) is 0 Å². The minimum Gasteiger partial charge on any atom is -0.302 e. The molecule has 3 heteroatoms. The maximum atomic E-state index is 12.8. The van der Waals surface area contributed by atoms with Crippen LogP contribution in [-0.2, 0) is 6.54 Å². The van der Waals surface area contributed by atoms with E-state index in [1.165, 1.54) is 62.6 Å². The number of hydrogen-bond acceptors (Lipinski definition) is 2. The van der Waals surface area contributed by atoms with E-state index in [1.807, 2.05) is 12.1 Å². The van der Waals surface area contributed by atoms with Gasteiger partial charge in [0.15, 0.2) is 0 Å². The highest BCUT2D eigenvalue weighted by Gasteiger charge is 2.00. The number of rotatable bonds is 11. The molecule has 0 atom stereocenters. The van der Waals surface area contributed by atoms with E-state index in [0.717, 1.165) is 18.8 Å². The molecule has 0 bridgehead atoms. The van der Waals surface area contributed by atoms with Crippen LogP contribution in [0.1, 0.15) is 50.5 Å². The topological polar surface area (TPSA) is 3.24 Å². The Labute approximate surface area is 129 Å². The highest BCUT2D eigenvalue weighted by atomic mass is 32.1. The fraction of sp³-hybridized carbons (Fsp3) is 0.647. The third-order valence-electron chi connectivity index (χ3n) is 3.56. The van der Waals surface area contributed by atoms with Crippen molar-refractivity contribution in [3.05, 3.63) is 35.6 Å². The van der Waals surface area contributed by atoms with E-state index >= 15 is 0 Å². The molecule has 1 aromatic rings. The average Bonchev–Trinajstić information content (AvgIpc) is 2.44. The lowest BCUT2D eigenvalue weighted by molar-refractivity contribution is 0.316. The van der Waals surface area contributed by atoms with Crippen LogP contribution in [-0.4, -0.2) is 24.2 Å². The summed E-state index contributed by atoms with van der Waals surface area (Å²) >= 11 is 4.22. The van der Waals surface area contributed by atoms with Crippen LogP contribution in [0.3, 0.4) is 0 Å². The zero-order valence-electron chi connectivity index (χ0n) is 12.7. The second kappa shape index (κ2) is 11.2. The SMILES string of the molecule is CN(CCCCCCCCCS)Cc1ccc(F)cc1. The molecule has 20 heavy (non-hydrogen) atoms. The van der Waals surface area contributed by atoms with Gasteiger partial charge in [-0.15, -0.1) is 0 Å². The summed E-state index contributed by atoms with van der Waals surface area (Å²) in [5.74, 6) is 0.864. The summed E-state index contributed by atoms with van der Waals surface area (Å²) in [4.78, 5) is 2.31. The first-order chi connectivity index (χ1) is 9.72. The van der Waals surface area contributed by atoms with E-state index in [2.05, 4.69) is 24.6 Å². The molecular weight excluding hydrogens is 269 g/mol. The molecular formula is C17H28FNS. The van der Waals surface area contributed by atoms with Gasteiger partial charge >= 0.3 is 0 Å². The normalized spacial score (nSPS) is 11.2. The minimum absolute atomic E-state index is 0.158. The average molecular weight is 297 g/mol. The van der Waals surface area contributed by atoms with Gasteiger partial charge in [0.1, 0.15) is 5.82 Å². The highest BCUT2D eigenvalue weighted by Crippen LogP contribution is 2.09. The minimum atomic E-state index is -0.158. The van der Waals surface area contributed by atoms with Crippen LogP contribution >= 0.6 is 12.6 Å².